The molecule has 0 radical (unpaired) electrons. The highest BCUT2D eigenvalue weighted by atomic mass is 32.1. The van der Waals surface area contributed by atoms with Crippen molar-refractivity contribution in [3.05, 3.63) is 87.9 Å². The van der Waals surface area contributed by atoms with Gasteiger partial charge in [-0.25, -0.2) is 4.39 Å². The number of carbonyl (C=O) groups is 1. The molecule has 1 fully saturated rings. The highest BCUT2D eigenvalue weighted by molar-refractivity contribution is 7.10. The predicted octanol–water partition coefficient (Wildman–Crippen LogP) is 4.68. The van der Waals surface area contributed by atoms with Gasteiger partial charge in [0.1, 0.15) is 18.2 Å². The van der Waals surface area contributed by atoms with Gasteiger partial charge in [-0.1, -0.05) is 36.4 Å². The number of carbonyl (C=O) groups excluding carboxylic acids is 1. The first kappa shape index (κ1) is 26.8. The van der Waals surface area contributed by atoms with Crippen molar-refractivity contribution in [1.82, 2.24) is 9.80 Å². The Labute approximate surface area is 227 Å². The van der Waals surface area contributed by atoms with Crippen molar-refractivity contribution in [2.24, 2.45) is 5.92 Å². The van der Waals surface area contributed by atoms with Crippen molar-refractivity contribution < 1.29 is 23.8 Å². The number of ether oxygens (including phenoxy) is 2. The number of benzene rings is 2. The molecule has 5 rings (SSSR count). The van der Waals surface area contributed by atoms with E-state index in [2.05, 4.69) is 16.3 Å². The molecule has 202 valence electrons. The first-order valence-corrected chi connectivity index (χ1v) is 14.2. The zero-order valence-electron chi connectivity index (χ0n) is 21.5. The standard InChI is InChI=1S/C30H35FN2O4S/c31-24-7-4-8-26(15-24)37-21-28-27-12-14-38-29(27)11-13-33(28)30(35)18-32(16-22-9-10-22)17-25(34)20-36-19-23-5-2-1-3-6-23/h1-8,12,14-15,22,25,28,34H,9-11,13,16-21H2/t25-,28+/m0/s1. The average molecular weight is 539 g/mol. The Morgan fingerprint density at radius 1 is 1.16 bits per heavy atom. The van der Waals surface area contributed by atoms with Gasteiger partial charge in [0.15, 0.2) is 0 Å². The van der Waals surface area contributed by atoms with Crippen molar-refractivity contribution >= 4 is 17.2 Å². The molecule has 2 aromatic carbocycles. The summed E-state index contributed by atoms with van der Waals surface area (Å²) in [7, 11) is 0. The third-order valence-electron chi connectivity index (χ3n) is 7.08. The molecular weight excluding hydrogens is 503 g/mol. The highest BCUT2D eigenvalue weighted by Gasteiger charge is 2.34. The molecule has 0 saturated heterocycles. The molecule has 0 bridgehead atoms. The van der Waals surface area contributed by atoms with Crippen molar-refractivity contribution in [2.75, 3.05) is 39.4 Å². The molecule has 6 nitrogen and oxygen atoms in total. The monoisotopic (exact) mass is 538 g/mol. The van der Waals surface area contributed by atoms with Gasteiger partial charge < -0.3 is 19.5 Å². The van der Waals surface area contributed by atoms with E-state index in [-0.39, 0.29) is 37.5 Å². The van der Waals surface area contributed by atoms with Gasteiger partial charge in [0.05, 0.1) is 31.9 Å². The van der Waals surface area contributed by atoms with Crippen LogP contribution < -0.4 is 4.74 Å². The molecule has 3 aromatic rings. The number of rotatable bonds is 13. The molecular formula is C30H35FN2O4S. The molecule has 0 unspecified atom stereocenters. The van der Waals surface area contributed by atoms with Crippen LogP contribution in [0, 0.1) is 11.7 Å². The quantitative estimate of drug-likeness (QED) is 0.342. The molecule has 1 amide bonds. The second kappa shape index (κ2) is 12.8. The number of nitrogens with zero attached hydrogens (tertiary/aromatic N) is 2. The van der Waals surface area contributed by atoms with E-state index in [0.29, 0.717) is 31.4 Å². The fourth-order valence-corrected chi connectivity index (χ4v) is 5.92. The van der Waals surface area contributed by atoms with Crippen molar-refractivity contribution in [1.29, 1.82) is 0 Å². The minimum atomic E-state index is -0.679. The number of thiophene rings is 1. The number of fused-ring (bicyclic) bond motifs is 1. The van der Waals surface area contributed by atoms with E-state index in [1.165, 1.54) is 17.0 Å². The second-order valence-corrected chi connectivity index (χ2v) is 11.2. The zero-order valence-corrected chi connectivity index (χ0v) is 22.3. The van der Waals surface area contributed by atoms with Gasteiger partial charge in [-0.15, -0.1) is 11.3 Å². The van der Waals surface area contributed by atoms with E-state index in [1.807, 2.05) is 35.2 Å². The molecule has 1 N–H and O–H groups in total. The summed E-state index contributed by atoms with van der Waals surface area (Å²) in [5.41, 5.74) is 2.17. The maximum absolute atomic E-state index is 13.7. The molecule has 1 aliphatic heterocycles. The fourth-order valence-electron chi connectivity index (χ4n) is 5.00. The summed E-state index contributed by atoms with van der Waals surface area (Å²) in [6, 6.07) is 17.8. The minimum absolute atomic E-state index is 0.0211. The Balaban J connectivity index is 1.20. The third kappa shape index (κ3) is 7.41. The van der Waals surface area contributed by atoms with Crippen LogP contribution in [0.4, 0.5) is 4.39 Å². The summed E-state index contributed by atoms with van der Waals surface area (Å²) >= 11 is 1.70. The van der Waals surface area contributed by atoms with Gasteiger partial charge >= 0.3 is 0 Å². The van der Waals surface area contributed by atoms with Gasteiger partial charge in [-0.05, 0) is 59.9 Å². The topological polar surface area (TPSA) is 62.2 Å². The van der Waals surface area contributed by atoms with Crippen LogP contribution in [0.25, 0.3) is 0 Å². The van der Waals surface area contributed by atoms with Crippen LogP contribution >= 0.6 is 11.3 Å². The highest BCUT2D eigenvalue weighted by Crippen LogP contribution is 2.34. The lowest BCUT2D eigenvalue weighted by Crippen LogP contribution is -2.48. The molecule has 1 aliphatic carbocycles. The summed E-state index contributed by atoms with van der Waals surface area (Å²) in [6.45, 7) is 2.96. The SMILES string of the molecule is O=C(CN(CC1CC1)C[C@H](O)COCc1ccccc1)N1CCc2sccc2[C@H]1COc1cccc(F)c1. The number of halogens is 1. The summed E-state index contributed by atoms with van der Waals surface area (Å²) < 4.78 is 25.4. The number of aliphatic hydroxyl groups is 1. The number of aliphatic hydroxyl groups excluding tert-OH is 1. The smallest absolute Gasteiger partial charge is 0.237 e. The maximum atomic E-state index is 13.7. The normalized spacial score (nSPS) is 17.9. The van der Waals surface area contributed by atoms with Crippen LogP contribution in [0.5, 0.6) is 5.75 Å². The van der Waals surface area contributed by atoms with Crippen LogP contribution in [0.15, 0.2) is 66.0 Å². The van der Waals surface area contributed by atoms with Crippen LogP contribution in [-0.4, -0.2) is 66.3 Å². The van der Waals surface area contributed by atoms with Gasteiger partial charge in [0, 0.05) is 30.6 Å². The zero-order chi connectivity index (χ0) is 26.3. The van der Waals surface area contributed by atoms with Gasteiger partial charge in [-0.3, -0.25) is 9.69 Å². The Hall–Kier alpha value is -2.78. The molecule has 1 aromatic heterocycles. The van der Waals surface area contributed by atoms with E-state index in [0.717, 1.165) is 36.9 Å². The summed E-state index contributed by atoms with van der Waals surface area (Å²) in [6.07, 6.45) is 2.46. The number of hydrogen-bond acceptors (Lipinski definition) is 6. The van der Waals surface area contributed by atoms with Crippen LogP contribution in [0.2, 0.25) is 0 Å². The lowest BCUT2D eigenvalue weighted by molar-refractivity contribution is -0.136. The van der Waals surface area contributed by atoms with E-state index < -0.39 is 6.10 Å². The van der Waals surface area contributed by atoms with E-state index >= 15 is 0 Å². The third-order valence-corrected chi connectivity index (χ3v) is 8.08. The van der Waals surface area contributed by atoms with Gasteiger partial charge in [0.2, 0.25) is 5.91 Å². The Kier molecular flexibility index (Phi) is 9.06. The molecule has 8 heteroatoms. The van der Waals surface area contributed by atoms with Crippen molar-refractivity contribution in [3.8, 4) is 5.75 Å². The lowest BCUT2D eigenvalue weighted by atomic mass is 10.0. The summed E-state index contributed by atoms with van der Waals surface area (Å²) in [5.74, 6) is 0.705. The minimum Gasteiger partial charge on any atom is -0.491 e. The van der Waals surface area contributed by atoms with Crippen LogP contribution in [0.1, 0.15) is 34.9 Å². The van der Waals surface area contributed by atoms with Crippen LogP contribution in [-0.2, 0) is 22.6 Å². The van der Waals surface area contributed by atoms with Gasteiger partial charge in [-0.2, -0.15) is 0 Å². The number of hydrogen-bond donors (Lipinski definition) is 1. The first-order valence-electron chi connectivity index (χ1n) is 13.3. The molecule has 38 heavy (non-hydrogen) atoms. The maximum Gasteiger partial charge on any atom is 0.237 e. The van der Waals surface area contributed by atoms with Crippen molar-refractivity contribution in [2.45, 2.75) is 38.0 Å². The first-order chi connectivity index (χ1) is 18.5. The lowest BCUT2D eigenvalue weighted by Gasteiger charge is -2.37. The Bertz CT molecular complexity index is 1190. The van der Waals surface area contributed by atoms with Crippen molar-refractivity contribution in [3.63, 3.8) is 0 Å². The van der Waals surface area contributed by atoms with E-state index in [9.17, 15) is 14.3 Å². The number of amides is 1. The molecule has 2 heterocycles. The summed E-state index contributed by atoms with van der Waals surface area (Å²) in [5, 5.41) is 12.8. The molecule has 2 aliphatic rings. The fraction of sp³-hybridized carbons (Fsp3) is 0.433. The van der Waals surface area contributed by atoms with Crippen LogP contribution in [0.3, 0.4) is 0 Å². The molecule has 2 atom stereocenters. The van der Waals surface area contributed by atoms with E-state index in [4.69, 9.17) is 9.47 Å². The second-order valence-electron chi connectivity index (χ2n) is 10.2. The predicted molar refractivity (Wildman–Crippen MR) is 146 cm³/mol. The Morgan fingerprint density at radius 2 is 2.00 bits per heavy atom. The average Bonchev–Trinajstić information content (AvgIpc) is 3.59. The molecule has 1 saturated carbocycles. The van der Waals surface area contributed by atoms with E-state index in [1.54, 1.807) is 23.5 Å². The Morgan fingerprint density at radius 3 is 2.79 bits per heavy atom. The molecule has 0 spiro atoms. The summed E-state index contributed by atoms with van der Waals surface area (Å²) in [4.78, 5) is 18.9. The largest absolute Gasteiger partial charge is 0.491 e. The van der Waals surface area contributed by atoms with Gasteiger partial charge in [0.25, 0.3) is 0 Å².